The van der Waals surface area contributed by atoms with E-state index in [9.17, 15) is 0 Å². The summed E-state index contributed by atoms with van der Waals surface area (Å²) in [4.78, 5) is 0. The van der Waals surface area contributed by atoms with Gasteiger partial charge < -0.3 is 5.32 Å². The molecule has 1 saturated carbocycles. The molecule has 0 bridgehead atoms. The first kappa shape index (κ1) is 9.54. The van der Waals surface area contributed by atoms with Crippen LogP contribution in [0.4, 0.5) is 0 Å². The molecule has 12 heavy (non-hydrogen) atoms. The SMILES string of the molecule is CC1CCC(NCCCC#N)C1. The summed E-state index contributed by atoms with van der Waals surface area (Å²) in [6.07, 6.45) is 5.72. The molecule has 2 nitrogen and oxygen atoms in total. The molecule has 2 atom stereocenters. The minimum atomic E-state index is 0.690. The molecule has 1 aliphatic carbocycles. The van der Waals surface area contributed by atoms with E-state index in [-0.39, 0.29) is 0 Å². The van der Waals surface area contributed by atoms with Gasteiger partial charge >= 0.3 is 0 Å². The quantitative estimate of drug-likeness (QED) is 0.649. The molecule has 1 aliphatic rings. The average molecular weight is 166 g/mol. The largest absolute Gasteiger partial charge is 0.314 e. The van der Waals surface area contributed by atoms with Gasteiger partial charge in [0.25, 0.3) is 0 Å². The minimum Gasteiger partial charge on any atom is -0.314 e. The first-order valence-electron chi connectivity index (χ1n) is 4.93. The minimum absolute atomic E-state index is 0.690. The fraction of sp³-hybridized carbons (Fsp3) is 0.900. The Hall–Kier alpha value is -0.550. The highest BCUT2D eigenvalue weighted by molar-refractivity contribution is 4.78. The molecule has 0 aromatic carbocycles. The van der Waals surface area contributed by atoms with Gasteiger partial charge in [-0.15, -0.1) is 0 Å². The van der Waals surface area contributed by atoms with E-state index in [1.807, 2.05) is 0 Å². The molecule has 0 radical (unpaired) electrons. The van der Waals surface area contributed by atoms with Crippen molar-refractivity contribution in [3.63, 3.8) is 0 Å². The molecule has 0 heterocycles. The highest BCUT2D eigenvalue weighted by Gasteiger charge is 2.19. The molecule has 0 amide bonds. The Morgan fingerprint density at radius 1 is 1.50 bits per heavy atom. The number of unbranched alkanes of at least 4 members (excludes halogenated alkanes) is 1. The molecular formula is C10H18N2. The van der Waals surface area contributed by atoms with Crippen LogP contribution in [-0.4, -0.2) is 12.6 Å². The molecule has 0 spiro atoms. The van der Waals surface area contributed by atoms with Crippen LogP contribution in [0.25, 0.3) is 0 Å². The number of rotatable bonds is 4. The Morgan fingerprint density at radius 2 is 2.33 bits per heavy atom. The Kier molecular flexibility index (Phi) is 4.10. The normalized spacial score (nSPS) is 28.7. The van der Waals surface area contributed by atoms with Crippen molar-refractivity contribution in [2.45, 2.75) is 45.1 Å². The molecule has 1 N–H and O–H groups in total. The van der Waals surface area contributed by atoms with Crippen LogP contribution in [0.3, 0.4) is 0 Å². The topological polar surface area (TPSA) is 35.8 Å². The van der Waals surface area contributed by atoms with Gasteiger partial charge in [0.1, 0.15) is 0 Å². The van der Waals surface area contributed by atoms with Gasteiger partial charge in [0.2, 0.25) is 0 Å². The third-order valence-electron chi connectivity index (χ3n) is 2.59. The van der Waals surface area contributed by atoms with E-state index < -0.39 is 0 Å². The lowest BCUT2D eigenvalue weighted by Gasteiger charge is -2.10. The monoisotopic (exact) mass is 166 g/mol. The van der Waals surface area contributed by atoms with Gasteiger partial charge in [-0.1, -0.05) is 6.92 Å². The average Bonchev–Trinajstić information content (AvgIpc) is 2.45. The summed E-state index contributed by atoms with van der Waals surface area (Å²) < 4.78 is 0. The van der Waals surface area contributed by atoms with E-state index in [2.05, 4.69) is 18.3 Å². The van der Waals surface area contributed by atoms with Crippen LogP contribution in [-0.2, 0) is 0 Å². The summed E-state index contributed by atoms with van der Waals surface area (Å²) in [5.41, 5.74) is 0. The molecule has 0 aromatic rings. The summed E-state index contributed by atoms with van der Waals surface area (Å²) >= 11 is 0. The summed E-state index contributed by atoms with van der Waals surface area (Å²) in [7, 11) is 0. The van der Waals surface area contributed by atoms with E-state index in [1.165, 1.54) is 19.3 Å². The first-order valence-corrected chi connectivity index (χ1v) is 4.93. The molecule has 1 fully saturated rings. The Labute approximate surface area is 75.0 Å². The van der Waals surface area contributed by atoms with Crippen LogP contribution >= 0.6 is 0 Å². The van der Waals surface area contributed by atoms with Gasteiger partial charge in [0, 0.05) is 12.5 Å². The zero-order valence-corrected chi connectivity index (χ0v) is 7.84. The predicted molar refractivity (Wildman–Crippen MR) is 49.7 cm³/mol. The standard InChI is InChI=1S/C10H18N2/c1-9-4-5-10(8-9)12-7-3-2-6-11/h9-10,12H,2-5,7-8H2,1H3. The van der Waals surface area contributed by atoms with Crippen LogP contribution in [0.2, 0.25) is 0 Å². The van der Waals surface area contributed by atoms with E-state index >= 15 is 0 Å². The smallest absolute Gasteiger partial charge is 0.0622 e. The van der Waals surface area contributed by atoms with Crippen LogP contribution < -0.4 is 5.32 Å². The highest BCUT2D eigenvalue weighted by Crippen LogP contribution is 2.24. The third kappa shape index (κ3) is 3.23. The number of nitrogens with one attached hydrogen (secondary N) is 1. The molecule has 0 saturated heterocycles. The second-order valence-corrected chi connectivity index (χ2v) is 3.83. The maximum Gasteiger partial charge on any atom is 0.0622 e. The van der Waals surface area contributed by atoms with E-state index in [4.69, 9.17) is 5.26 Å². The van der Waals surface area contributed by atoms with Crippen molar-refractivity contribution in [2.75, 3.05) is 6.54 Å². The van der Waals surface area contributed by atoms with E-state index in [1.54, 1.807) is 0 Å². The van der Waals surface area contributed by atoms with E-state index in [0.29, 0.717) is 6.42 Å². The van der Waals surface area contributed by atoms with Crippen molar-refractivity contribution in [2.24, 2.45) is 5.92 Å². The zero-order chi connectivity index (χ0) is 8.81. The molecule has 68 valence electrons. The van der Waals surface area contributed by atoms with Gasteiger partial charge in [-0.3, -0.25) is 0 Å². The summed E-state index contributed by atoms with van der Waals surface area (Å²) in [5.74, 6) is 0.901. The van der Waals surface area contributed by atoms with E-state index in [0.717, 1.165) is 24.9 Å². The molecule has 2 unspecified atom stereocenters. The molecular weight excluding hydrogens is 148 g/mol. The van der Waals surface area contributed by atoms with Gasteiger partial charge in [0.15, 0.2) is 0 Å². The fourth-order valence-corrected chi connectivity index (χ4v) is 1.87. The van der Waals surface area contributed by atoms with Crippen LogP contribution in [0.1, 0.15) is 39.0 Å². The van der Waals surface area contributed by atoms with Gasteiger partial charge in [-0.2, -0.15) is 5.26 Å². The summed E-state index contributed by atoms with van der Waals surface area (Å²) in [5, 5.41) is 11.8. The summed E-state index contributed by atoms with van der Waals surface area (Å²) in [6.45, 7) is 3.34. The maximum absolute atomic E-state index is 8.32. The van der Waals surface area contributed by atoms with Crippen molar-refractivity contribution >= 4 is 0 Å². The predicted octanol–water partition coefficient (Wildman–Crippen LogP) is 2.07. The lowest BCUT2D eigenvalue weighted by atomic mass is 10.1. The Balaban J connectivity index is 1.97. The zero-order valence-electron chi connectivity index (χ0n) is 7.84. The van der Waals surface area contributed by atoms with Crippen molar-refractivity contribution in [3.05, 3.63) is 0 Å². The molecule has 2 heteroatoms. The third-order valence-corrected chi connectivity index (χ3v) is 2.59. The second kappa shape index (κ2) is 5.16. The maximum atomic E-state index is 8.32. The van der Waals surface area contributed by atoms with Gasteiger partial charge in [-0.25, -0.2) is 0 Å². The Bertz CT molecular complexity index is 160. The lowest BCUT2D eigenvalue weighted by Crippen LogP contribution is -2.27. The Morgan fingerprint density at radius 3 is 2.92 bits per heavy atom. The molecule has 0 aliphatic heterocycles. The van der Waals surface area contributed by atoms with Crippen LogP contribution in [0.5, 0.6) is 0 Å². The van der Waals surface area contributed by atoms with Crippen LogP contribution in [0.15, 0.2) is 0 Å². The fourth-order valence-electron chi connectivity index (χ4n) is 1.87. The van der Waals surface area contributed by atoms with Crippen molar-refractivity contribution in [3.8, 4) is 6.07 Å². The number of nitriles is 1. The van der Waals surface area contributed by atoms with Gasteiger partial charge in [-0.05, 0) is 38.1 Å². The van der Waals surface area contributed by atoms with Crippen molar-refractivity contribution in [1.82, 2.24) is 5.32 Å². The van der Waals surface area contributed by atoms with Crippen LogP contribution in [0, 0.1) is 17.2 Å². The van der Waals surface area contributed by atoms with Crippen molar-refractivity contribution in [1.29, 1.82) is 5.26 Å². The first-order chi connectivity index (χ1) is 5.83. The number of hydrogen-bond donors (Lipinski definition) is 1. The van der Waals surface area contributed by atoms with Crippen molar-refractivity contribution < 1.29 is 0 Å². The summed E-state index contributed by atoms with van der Waals surface area (Å²) in [6, 6.07) is 2.90. The lowest BCUT2D eigenvalue weighted by molar-refractivity contribution is 0.498. The second-order valence-electron chi connectivity index (χ2n) is 3.83. The molecule has 1 rings (SSSR count). The van der Waals surface area contributed by atoms with Gasteiger partial charge in [0.05, 0.1) is 6.07 Å². The highest BCUT2D eigenvalue weighted by atomic mass is 14.9. The number of hydrogen-bond acceptors (Lipinski definition) is 2. The molecule has 0 aromatic heterocycles. The number of nitrogens with zero attached hydrogens (tertiary/aromatic N) is 1.